The van der Waals surface area contributed by atoms with Crippen molar-refractivity contribution in [2.75, 3.05) is 7.11 Å². The van der Waals surface area contributed by atoms with Crippen LogP contribution in [0.15, 0.2) is 18.2 Å². The summed E-state index contributed by atoms with van der Waals surface area (Å²) in [5, 5.41) is 18.9. The molecule has 0 amide bonds. The minimum Gasteiger partial charge on any atom is -0.490 e. The van der Waals surface area contributed by atoms with E-state index >= 15 is 0 Å². The summed E-state index contributed by atoms with van der Waals surface area (Å²) in [5.74, 6) is -0.385. The molecule has 6 nitrogen and oxygen atoms in total. The molecular weight excluding hydrogens is 212 g/mol. The lowest BCUT2D eigenvalue weighted by atomic mass is 10.1. The van der Waals surface area contributed by atoms with E-state index < -0.39 is 10.7 Å². The van der Waals surface area contributed by atoms with Gasteiger partial charge in [0.1, 0.15) is 0 Å². The Morgan fingerprint density at radius 2 is 2.31 bits per heavy atom. The quantitative estimate of drug-likeness (QED) is 0.437. The Kier molecular flexibility index (Phi) is 3.56. The Labute approximate surface area is 91.2 Å². The van der Waals surface area contributed by atoms with Crippen LogP contribution in [0.1, 0.15) is 16.8 Å². The van der Waals surface area contributed by atoms with Crippen LogP contribution in [0.5, 0.6) is 5.75 Å². The molecule has 0 aliphatic heterocycles. The average molecular weight is 220 g/mol. The number of nitro benzene ring substituents is 1. The first-order chi connectivity index (χ1) is 7.60. The molecule has 0 atom stereocenters. The molecule has 0 spiro atoms. The molecule has 0 saturated carbocycles. The minimum absolute atomic E-state index is 0.00814. The van der Waals surface area contributed by atoms with Gasteiger partial charge in [-0.05, 0) is 12.1 Å². The maximum absolute atomic E-state index is 11.3. The van der Waals surface area contributed by atoms with E-state index in [0.29, 0.717) is 0 Å². The Bertz CT molecular complexity index is 476. The van der Waals surface area contributed by atoms with Gasteiger partial charge in [0.15, 0.2) is 11.5 Å². The number of Topliss-reactive ketones (excluding diaryl/α,β-unsaturated/α-hetero) is 1. The SMILES string of the molecule is COc1cc(C(=O)CC#N)ccc1[N+](=O)[O-]. The molecule has 16 heavy (non-hydrogen) atoms. The second-order valence-electron chi connectivity index (χ2n) is 2.90. The lowest BCUT2D eigenvalue weighted by molar-refractivity contribution is -0.385. The van der Waals surface area contributed by atoms with E-state index in [2.05, 4.69) is 0 Å². The van der Waals surface area contributed by atoms with Crippen molar-refractivity contribution in [3.63, 3.8) is 0 Å². The van der Waals surface area contributed by atoms with Gasteiger partial charge in [-0.2, -0.15) is 5.26 Å². The molecule has 1 aromatic rings. The molecule has 82 valence electrons. The van der Waals surface area contributed by atoms with E-state index in [0.717, 1.165) is 0 Å². The van der Waals surface area contributed by atoms with E-state index in [4.69, 9.17) is 10.00 Å². The number of nitrogens with zero attached hydrogens (tertiary/aromatic N) is 2. The molecule has 6 heteroatoms. The number of rotatable bonds is 4. The fourth-order valence-corrected chi connectivity index (χ4v) is 1.18. The van der Waals surface area contributed by atoms with E-state index in [1.807, 2.05) is 0 Å². The molecule has 0 bridgehead atoms. The van der Waals surface area contributed by atoms with E-state index in [9.17, 15) is 14.9 Å². The highest BCUT2D eigenvalue weighted by Gasteiger charge is 2.16. The lowest BCUT2D eigenvalue weighted by Gasteiger charge is -2.03. The predicted octanol–water partition coefficient (Wildman–Crippen LogP) is 1.70. The molecule has 1 aromatic carbocycles. The fourth-order valence-electron chi connectivity index (χ4n) is 1.18. The number of hydrogen-bond acceptors (Lipinski definition) is 5. The molecule has 0 aliphatic carbocycles. The van der Waals surface area contributed by atoms with Crippen LogP contribution in [-0.2, 0) is 0 Å². The number of nitriles is 1. The average Bonchev–Trinajstić information content (AvgIpc) is 2.28. The Morgan fingerprint density at radius 1 is 1.62 bits per heavy atom. The number of ether oxygens (including phenoxy) is 1. The first-order valence-electron chi connectivity index (χ1n) is 4.32. The summed E-state index contributed by atoms with van der Waals surface area (Å²) >= 11 is 0. The van der Waals surface area contributed by atoms with Crippen LogP contribution in [0.4, 0.5) is 5.69 Å². The van der Waals surface area contributed by atoms with Crippen molar-refractivity contribution in [2.24, 2.45) is 0 Å². The van der Waals surface area contributed by atoms with E-state index in [-0.39, 0.29) is 23.4 Å². The van der Waals surface area contributed by atoms with Gasteiger partial charge in [0, 0.05) is 11.6 Å². The monoisotopic (exact) mass is 220 g/mol. The highest BCUT2D eigenvalue weighted by molar-refractivity contribution is 5.98. The zero-order chi connectivity index (χ0) is 12.1. The number of nitro groups is 1. The number of carbonyl (C=O) groups excluding carboxylic acids is 1. The summed E-state index contributed by atoms with van der Waals surface area (Å²) in [7, 11) is 1.28. The van der Waals surface area contributed by atoms with Crippen LogP contribution in [0.25, 0.3) is 0 Å². The zero-order valence-corrected chi connectivity index (χ0v) is 8.47. The van der Waals surface area contributed by atoms with Gasteiger partial charge in [-0.15, -0.1) is 0 Å². The Hall–Kier alpha value is -2.42. The Morgan fingerprint density at radius 3 is 2.81 bits per heavy atom. The van der Waals surface area contributed by atoms with Gasteiger partial charge in [0.25, 0.3) is 0 Å². The summed E-state index contributed by atoms with van der Waals surface area (Å²) in [6.45, 7) is 0. The van der Waals surface area contributed by atoms with Crippen LogP contribution in [-0.4, -0.2) is 17.8 Å². The van der Waals surface area contributed by atoms with E-state index in [1.54, 1.807) is 6.07 Å². The highest BCUT2D eigenvalue weighted by Crippen LogP contribution is 2.27. The van der Waals surface area contributed by atoms with Crippen LogP contribution in [0.2, 0.25) is 0 Å². The summed E-state index contributed by atoms with van der Waals surface area (Å²) < 4.78 is 4.80. The summed E-state index contributed by atoms with van der Waals surface area (Å²) in [6, 6.07) is 5.47. The molecule has 0 aromatic heterocycles. The van der Waals surface area contributed by atoms with Crippen molar-refractivity contribution in [1.82, 2.24) is 0 Å². The topological polar surface area (TPSA) is 93.2 Å². The maximum Gasteiger partial charge on any atom is 0.310 e. The maximum atomic E-state index is 11.3. The highest BCUT2D eigenvalue weighted by atomic mass is 16.6. The summed E-state index contributed by atoms with van der Waals surface area (Å²) in [6.07, 6.45) is -0.263. The molecule has 0 saturated heterocycles. The molecule has 1 rings (SSSR count). The second-order valence-corrected chi connectivity index (χ2v) is 2.90. The third-order valence-corrected chi connectivity index (χ3v) is 1.94. The fraction of sp³-hybridized carbons (Fsp3) is 0.200. The lowest BCUT2D eigenvalue weighted by Crippen LogP contribution is -2.00. The normalized spacial score (nSPS) is 9.25. The second kappa shape index (κ2) is 4.89. The Balaban J connectivity index is 3.14. The predicted molar refractivity (Wildman–Crippen MR) is 54.2 cm³/mol. The van der Waals surface area contributed by atoms with Gasteiger partial charge >= 0.3 is 5.69 Å². The van der Waals surface area contributed by atoms with Crippen LogP contribution in [0.3, 0.4) is 0 Å². The van der Waals surface area contributed by atoms with Crippen molar-refractivity contribution in [1.29, 1.82) is 5.26 Å². The number of hydrogen-bond donors (Lipinski definition) is 0. The molecule has 0 aliphatic rings. The van der Waals surface area contributed by atoms with Gasteiger partial charge in [-0.1, -0.05) is 0 Å². The molecule has 0 N–H and O–H groups in total. The number of ketones is 1. The number of carbonyl (C=O) groups is 1. The number of benzene rings is 1. The van der Waals surface area contributed by atoms with Gasteiger partial charge in [-0.25, -0.2) is 0 Å². The standard InChI is InChI=1S/C10H8N2O4/c1-16-10-6-7(9(13)4-5-11)2-3-8(10)12(14)15/h2-3,6H,4H2,1H3. The van der Waals surface area contributed by atoms with Gasteiger partial charge in [0.05, 0.1) is 24.5 Å². The zero-order valence-electron chi connectivity index (χ0n) is 8.47. The van der Waals surface area contributed by atoms with Gasteiger partial charge in [0.2, 0.25) is 0 Å². The van der Waals surface area contributed by atoms with E-state index in [1.165, 1.54) is 25.3 Å². The molecule has 0 radical (unpaired) electrons. The van der Waals surface area contributed by atoms with Gasteiger partial charge < -0.3 is 4.74 Å². The summed E-state index contributed by atoms with van der Waals surface area (Å²) in [4.78, 5) is 21.3. The van der Waals surface area contributed by atoms with Crippen molar-refractivity contribution >= 4 is 11.5 Å². The third kappa shape index (κ3) is 2.33. The first kappa shape index (κ1) is 11.7. The smallest absolute Gasteiger partial charge is 0.310 e. The van der Waals surface area contributed by atoms with Crippen molar-refractivity contribution in [3.05, 3.63) is 33.9 Å². The van der Waals surface area contributed by atoms with Crippen molar-refractivity contribution in [3.8, 4) is 11.8 Å². The molecule has 0 unspecified atom stereocenters. The van der Waals surface area contributed by atoms with Crippen LogP contribution >= 0.6 is 0 Å². The number of methoxy groups -OCH3 is 1. The summed E-state index contributed by atoms with van der Waals surface area (Å²) in [5.41, 5.74) is 0.0139. The van der Waals surface area contributed by atoms with Crippen LogP contribution < -0.4 is 4.74 Å². The first-order valence-corrected chi connectivity index (χ1v) is 4.32. The van der Waals surface area contributed by atoms with Crippen LogP contribution in [0, 0.1) is 21.4 Å². The van der Waals surface area contributed by atoms with Crippen molar-refractivity contribution in [2.45, 2.75) is 6.42 Å². The van der Waals surface area contributed by atoms with Gasteiger partial charge in [-0.3, -0.25) is 14.9 Å². The molecular formula is C10H8N2O4. The van der Waals surface area contributed by atoms with Crippen molar-refractivity contribution < 1.29 is 14.5 Å². The molecule has 0 heterocycles. The largest absolute Gasteiger partial charge is 0.490 e. The third-order valence-electron chi connectivity index (χ3n) is 1.94. The minimum atomic E-state index is -0.600. The molecule has 0 fully saturated rings.